The largest absolute Gasteiger partial charge is 0.480 e. The molecule has 0 rings (SSSR count). The summed E-state index contributed by atoms with van der Waals surface area (Å²) in [6.07, 6.45) is -0.393. The van der Waals surface area contributed by atoms with Crippen LogP contribution in [-0.2, 0) is 14.3 Å². The summed E-state index contributed by atoms with van der Waals surface area (Å²) in [5.41, 5.74) is 4.91. The van der Waals surface area contributed by atoms with Gasteiger partial charge in [0.05, 0.1) is 19.1 Å². The smallest absolute Gasteiger partial charge is 0.326 e. The molecule has 8 heteroatoms. The lowest BCUT2D eigenvalue weighted by Gasteiger charge is -2.21. The molecule has 3 amide bonds. The van der Waals surface area contributed by atoms with Crippen LogP contribution in [0.2, 0.25) is 0 Å². The predicted octanol–water partition coefficient (Wildman–Crippen LogP) is -0.619. The van der Waals surface area contributed by atoms with Crippen molar-refractivity contribution in [3.63, 3.8) is 0 Å². The van der Waals surface area contributed by atoms with E-state index in [1.807, 2.05) is 13.8 Å². The number of nitrogens with one attached hydrogen (secondary N) is 1. The molecular weight excluding hydrogens is 254 g/mol. The van der Waals surface area contributed by atoms with Gasteiger partial charge in [-0.05, 0) is 13.8 Å². The number of carbonyl (C=O) groups excluding carboxylic acids is 2. The Morgan fingerprint density at radius 3 is 2.37 bits per heavy atom. The highest BCUT2D eigenvalue weighted by molar-refractivity contribution is 5.87. The average Bonchev–Trinajstić information content (AvgIpc) is 2.26. The van der Waals surface area contributed by atoms with E-state index in [-0.39, 0.29) is 6.10 Å². The molecule has 0 saturated heterocycles. The number of carboxylic acids is 1. The number of urea groups is 1. The van der Waals surface area contributed by atoms with Crippen LogP contribution in [0.4, 0.5) is 4.79 Å². The molecule has 0 aromatic carbocycles. The first kappa shape index (κ1) is 17.2. The summed E-state index contributed by atoms with van der Waals surface area (Å²) >= 11 is 0. The molecule has 1 unspecified atom stereocenters. The van der Waals surface area contributed by atoms with Crippen molar-refractivity contribution in [2.75, 3.05) is 20.2 Å². The number of hydrogen-bond donors (Lipinski definition) is 3. The SMILES string of the molecule is CC(C)OCCN(C)C(=O)NC(CC(N)=O)C(=O)O. The van der Waals surface area contributed by atoms with E-state index in [4.69, 9.17) is 15.6 Å². The minimum atomic E-state index is -1.32. The fourth-order valence-electron chi connectivity index (χ4n) is 1.19. The van der Waals surface area contributed by atoms with Gasteiger partial charge in [-0.2, -0.15) is 0 Å². The second-order valence-corrected chi connectivity index (χ2v) is 4.35. The molecular formula is C11H21N3O5. The van der Waals surface area contributed by atoms with Crippen molar-refractivity contribution in [1.29, 1.82) is 0 Å². The standard InChI is InChI=1S/C11H21N3O5/c1-7(2)19-5-4-14(3)11(18)13-8(10(16)17)6-9(12)15/h7-8H,4-6H2,1-3H3,(H2,12,15)(H,13,18)(H,16,17). The van der Waals surface area contributed by atoms with Crippen LogP contribution in [-0.4, -0.2) is 60.3 Å². The number of nitrogens with zero attached hydrogens (tertiary/aromatic N) is 1. The zero-order chi connectivity index (χ0) is 15.0. The van der Waals surface area contributed by atoms with Crippen molar-refractivity contribution >= 4 is 17.9 Å². The molecule has 1 atom stereocenters. The zero-order valence-electron chi connectivity index (χ0n) is 11.4. The Hall–Kier alpha value is -1.83. The topological polar surface area (TPSA) is 122 Å². The third kappa shape index (κ3) is 7.98. The molecule has 0 aliphatic carbocycles. The number of primary amides is 1. The van der Waals surface area contributed by atoms with Crippen LogP contribution in [0.5, 0.6) is 0 Å². The Labute approximate surface area is 111 Å². The molecule has 0 radical (unpaired) electrons. The van der Waals surface area contributed by atoms with Crippen LogP contribution in [0.25, 0.3) is 0 Å². The van der Waals surface area contributed by atoms with Gasteiger partial charge in [0.2, 0.25) is 5.91 Å². The van der Waals surface area contributed by atoms with E-state index in [0.717, 1.165) is 0 Å². The van der Waals surface area contributed by atoms with E-state index >= 15 is 0 Å². The normalized spacial score (nSPS) is 12.0. The molecule has 0 bridgehead atoms. The van der Waals surface area contributed by atoms with Crippen molar-refractivity contribution in [1.82, 2.24) is 10.2 Å². The monoisotopic (exact) mass is 275 g/mol. The second-order valence-electron chi connectivity index (χ2n) is 4.35. The number of hydrogen-bond acceptors (Lipinski definition) is 4. The van der Waals surface area contributed by atoms with Crippen molar-refractivity contribution < 1.29 is 24.2 Å². The number of carbonyl (C=O) groups is 3. The van der Waals surface area contributed by atoms with Gasteiger partial charge in [-0.15, -0.1) is 0 Å². The molecule has 0 heterocycles. The number of ether oxygens (including phenoxy) is 1. The van der Waals surface area contributed by atoms with Crippen molar-refractivity contribution in [3.05, 3.63) is 0 Å². The first-order valence-corrected chi connectivity index (χ1v) is 5.88. The predicted molar refractivity (Wildman–Crippen MR) is 67.5 cm³/mol. The molecule has 0 aromatic rings. The Balaban J connectivity index is 4.23. The summed E-state index contributed by atoms with van der Waals surface area (Å²) in [4.78, 5) is 34.5. The molecule has 110 valence electrons. The summed E-state index contributed by atoms with van der Waals surface area (Å²) in [5, 5.41) is 11.1. The first-order valence-electron chi connectivity index (χ1n) is 5.88. The highest BCUT2D eigenvalue weighted by atomic mass is 16.5. The van der Waals surface area contributed by atoms with Gasteiger partial charge in [-0.1, -0.05) is 0 Å². The molecule has 0 spiro atoms. The van der Waals surface area contributed by atoms with Gasteiger partial charge in [0.25, 0.3) is 0 Å². The van der Waals surface area contributed by atoms with Gasteiger partial charge in [0.15, 0.2) is 0 Å². The van der Waals surface area contributed by atoms with Crippen LogP contribution >= 0.6 is 0 Å². The zero-order valence-corrected chi connectivity index (χ0v) is 11.4. The fourth-order valence-corrected chi connectivity index (χ4v) is 1.19. The molecule has 4 N–H and O–H groups in total. The highest BCUT2D eigenvalue weighted by Crippen LogP contribution is 1.95. The molecule has 0 aliphatic rings. The van der Waals surface area contributed by atoms with Crippen LogP contribution in [0.15, 0.2) is 0 Å². The number of rotatable bonds is 8. The fraction of sp³-hybridized carbons (Fsp3) is 0.727. The van der Waals surface area contributed by atoms with Crippen molar-refractivity contribution in [3.8, 4) is 0 Å². The van der Waals surface area contributed by atoms with E-state index in [9.17, 15) is 14.4 Å². The quantitative estimate of drug-likeness (QED) is 0.545. The minimum absolute atomic E-state index is 0.0538. The molecule has 8 nitrogen and oxygen atoms in total. The number of aliphatic carboxylic acids is 1. The van der Waals surface area contributed by atoms with E-state index in [1.165, 1.54) is 11.9 Å². The van der Waals surface area contributed by atoms with Gasteiger partial charge in [-0.25, -0.2) is 9.59 Å². The summed E-state index contributed by atoms with van der Waals surface area (Å²) in [7, 11) is 1.50. The average molecular weight is 275 g/mol. The van der Waals surface area contributed by atoms with E-state index in [0.29, 0.717) is 13.2 Å². The lowest BCUT2D eigenvalue weighted by Crippen LogP contribution is -2.48. The number of carboxylic acid groups (broad SMARTS) is 1. The third-order valence-corrected chi connectivity index (χ3v) is 2.23. The second kappa shape index (κ2) is 8.30. The maximum atomic E-state index is 11.7. The number of amides is 3. The molecule has 0 aliphatic heterocycles. The highest BCUT2D eigenvalue weighted by Gasteiger charge is 2.23. The van der Waals surface area contributed by atoms with Crippen LogP contribution < -0.4 is 11.1 Å². The molecule has 0 fully saturated rings. The Morgan fingerprint density at radius 2 is 1.95 bits per heavy atom. The van der Waals surface area contributed by atoms with Gasteiger partial charge < -0.3 is 25.8 Å². The van der Waals surface area contributed by atoms with Gasteiger partial charge in [0.1, 0.15) is 6.04 Å². The molecule has 0 aromatic heterocycles. The Morgan fingerprint density at radius 1 is 1.37 bits per heavy atom. The lowest BCUT2D eigenvalue weighted by atomic mass is 10.2. The van der Waals surface area contributed by atoms with Crippen LogP contribution in [0.3, 0.4) is 0 Å². The van der Waals surface area contributed by atoms with Crippen molar-refractivity contribution in [2.24, 2.45) is 5.73 Å². The number of likely N-dealkylation sites (N-methyl/N-ethyl adjacent to an activating group) is 1. The van der Waals surface area contributed by atoms with E-state index < -0.39 is 30.4 Å². The van der Waals surface area contributed by atoms with E-state index in [1.54, 1.807) is 0 Å². The van der Waals surface area contributed by atoms with Gasteiger partial charge in [0, 0.05) is 13.6 Å². The Bertz CT molecular complexity index is 332. The molecule has 0 saturated carbocycles. The maximum Gasteiger partial charge on any atom is 0.326 e. The van der Waals surface area contributed by atoms with Gasteiger partial charge >= 0.3 is 12.0 Å². The summed E-state index contributed by atoms with van der Waals surface area (Å²) in [6.45, 7) is 4.39. The Kier molecular flexibility index (Phi) is 7.50. The van der Waals surface area contributed by atoms with Crippen LogP contribution in [0, 0.1) is 0 Å². The number of nitrogens with two attached hydrogens (primary N) is 1. The van der Waals surface area contributed by atoms with Crippen molar-refractivity contribution in [2.45, 2.75) is 32.4 Å². The van der Waals surface area contributed by atoms with Crippen LogP contribution in [0.1, 0.15) is 20.3 Å². The third-order valence-electron chi connectivity index (χ3n) is 2.23. The summed E-state index contributed by atoms with van der Waals surface area (Å²) < 4.78 is 5.27. The molecule has 19 heavy (non-hydrogen) atoms. The first-order chi connectivity index (χ1) is 8.73. The lowest BCUT2D eigenvalue weighted by molar-refractivity contribution is -0.140. The minimum Gasteiger partial charge on any atom is -0.480 e. The van der Waals surface area contributed by atoms with E-state index in [2.05, 4.69) is 5.32 Å². The summed E-state index contributed by atoms with van der Waals surface area (Å²) in [5.74, 6) is -2.10. The van der Waals surface area contributed by atoms with Gasteiger partial charge in [-0.3, -0.25) is 4.79 Å². The summed E-state index contributed by atoms with van der Waals surface area (Å²) in [6, 6.07) is -1.92. The maximum absolute atomic E-state index is 11.7.